The highest BCUT2D eigenvalue weighted by atomic mass is 32.2. The van der Waals surface area contributed by atoms with Crippen LogP contribution in [0.3, 0.4) is 0 Å². The van der Waals surface area contributed by atoms with Crippen LogP contribution >= 0.6 is 11.8 Å². The third kappa shape index (κ3) is 2.58. The highest BCUT2D eigenvalue weighted by molar-refractivity contribution is 7.99. The molecule has 1 aromatic rings. The molecule has 5 heteroatoms. The summed E-state index contributed by atoms with van der Waals surface area (Å²) < 4.78 is 5.15. The normalized spacial score (nSPS) is 9.83. The van der Waals surface area contributed by atoms with Gasteiger partial charge in [-0.25, -0.2) is 4.98 Å². The fourth-order valence-electron chi connectivity index (χ4n) is 0.677. The molecule has 4 nitrogen and oxygen atoms in total. The monoisotopic (exact) mass is 186 g/mol. The summed E-state index contributed by atoms with van der Waals surface area (Å²) in [5, 5.41) is 3.18. The van der Waals surface area contributed by atoms with E-state index in [4.69, 9.17) is 4.42 Å². The summed E-state index contributed by atoms with van der Waals surface area (Å²) in [7, 11) is 0. The van der Waals surface area contributed by atoms with E-state index >= 15 is 0 Å². The number of aromatic nitrogens is 1. The molecule has 0 aromatic carbocycles. The predicted octanol–water partition coefficient (Wildman–Crippen LogP) is 1.74. The molecule has 0 spiro atoms. The van der Waals surface area contributed by atoms with Crippen molar-refractivity contribution >= 4 is 23.7 Å². The van der Waals surface area contributed by atoms with Crippen LogP contribution in [0.2, 0.25) is 0 Å². The summed E-state index contributed by atoms with van der Waals surface area (Å²) in [6.45, 7) is 3.43. The number of hydrogen-bond donors (Lipinski definition) is 1. The van der Waals surface area contributed by atoms with Crippen LogP contribution in [0, 0.1) is 0 Å². The molecule has 0 unspecified atom stereocenters. The minimum atomic E-state index is -0.176. The van der Waals surface area contributed by atoms with Gasteiger partial charge in [0.05, 0.1) is 6.20 Å². The fourth-order valence-corrected chi connectivity index (χ4v) is 1.23. The molecule has 0 bridgehead atoms. The lowest BCUT2D eigenvalue weighted by Gasteiger charge is -1.92. The lowest BCUT2D eigenvalue weighted by atomic mass is 10.7. The van der Waals surface area contributed by atoms with Crippen LogP contribution in [0.15, 0.2) is 15.7 Å². The molecule has 1 N–H and O–H groups in total. The van der Waals surface area contributed by atoms with Gasteiger partial charge < -0.3 is 4.42 Å². The molecule has 0 aliphatic carbocycles. The first-order valence-electron chi connectivity index (χ1n) is 3.58. The fraction of sp³-hybridized carbons (Fsp3) is 0.429. The zero-order valence-corrected chi connectivity index (χ0v) is 7.77. The third-order valence-corrected chi connectivity index (χ3v) is 1.82. The Balaban J connectivity index is 2.58. The van der Waals surface area contributed by atoms with Crippen molar-refractivity contribution in [1.29, 1.82) is 0 Å². The van der Waals surface area contributed by atoms with Crippen molar-refractivity contribution in [3.63, 3.8) is 0 Å². The molecular formula is C7H10N2O2S. The Morgan fingerprint density at radius 2 is 2.58 bits per heavy atom. The summed E-state index contributed by atoms with van der Waals surface area (Å²) in [4.78, 5) is 14.4. The second-order valence-corrected chi connectivity index (χ2v) is 3.37. The molecule has 1 amide bonds. The summed E-state index contributed by atoms with van der Waals surface area (Å²) in [5.74, 6) is 0.749. The number of carbonyl (C=O) groups excluding carboxylic acids is 1. The van der Waals surface area contributed by atoms with E-state index in [0.29, 0.717) is 0 Å². The van der Waals surface area contributed by atoms with Gasteiger partial charge in [-0.05, 0) is 5.75 Å². The lowest BCUT2D eigenvalue weighted by Crippen LogP contribution is -2.05. The topological polar surface area (TPSA) is 55.1 Å². The Morgan fingerprint density at radius 1 is 1.83 bits per heavy atom. The van der Waals surface area contributed by atoms with Crippen LogP contribution in [-0.4, -0.2) is 16.6 Å². The van der Waals surface area contributed by atoms with Crippen LogP contribution in [0.25, 0.3) is 0 Å². The van der Waals surface area contributed by atoms with E-state index in [-0.39, 0.29) is 11.9 Å². The number of thioether (sulfide) groups is 1. The first-order chi connectivity index (χ1) is 5.72. The molecule has 0 aliphatic heterocycles. The maximum absolute atomic E-state index is 10.6. The second-order valence-electron chi connectivity index (χ2n) is 2.10. The minimum absolute atomic E-state index is 0.176. The number of carbonyl (C=O) groups is 1. The molecule has 1 heterocycles. The van der Waals surface area contributed by atoms with E-state index in [1.165, 1.54) is 6.92 Å². The quantitative estimate of drug-likeness (QED) is 0.730. The van der Waals surface area contributed by atoms with Crippen LogP contribution in [-0.2, 0) is 4.79 Å². The predicted molar refractivity (Wildman–Crippen MR) is 47.2 cm³/mol. The maximum atomic E-state index is 10.6. The van der Waals surface area contributed by atoms with Crippen molar-refractivity contribution in [3.05, 3.63) is 6.20 Å². The smallest absolute Gasteiger partial charge is 0.302 e. The van der Waals surface area contributed by atoms with Gasteiger partial charge in [0.15, 0.2) is 5.09 Å². The average Bonchev–Trinajstić information content (AvgIpc) is 2.36. The number of rotatable bonds is 3. The van der Waals surface area contributed by atoms with E-state index in [2.05, 4.69) is 10.3 Å². The number of nitrogens with one attached hydrogen (secondary N) is 1. The molecular weight excluding hydrogens is 176 g/mol. The van der Waals surface area contributed by atoms with Crippen molar-refractivity contribution in [3.8, 4) is 0 Å². The third-order valence-electron chi connectivity index (χ3n) is 1.05. The van der Waals surface area contributed by atoms with Crippen molar-refractivity contribution in [2.75, 3.05) is 11.1 Å². The number of oxazole rings is 1. The zero-order chi connectivity index (χ0) is 8.97. The molecule has 12 heavy (non-hydrogen) atoms. The van der Waals surface area contributed by atoms with Crippen molar-refractivity contribution < 1.29 is 9.21 Å². The Morgan fingerprint density at radius 3 is 3.17 bits per heavy atom. The second kappa shape index (κ2) is 4.15. The van der Waals surface area contributed by atoms with Gasteiger partial charge in [0, 0.05) is 6.92 Å². The molecule has 0 atom stereocenters. The summed E-state index contributed by atoms with van der Waals surface area (Å²) in [6.07, 6.45) is 1.60. The number of anilines is 1. The van der Waals surface area contributed by atoms with E-state index in [1.54, 1.807) is 18.0 Å². The van der Waals surface area contributed by atoms with Crippen molar-refractivity contribution in [2.24, 2.45) is 0 Å². The SMILES string of the molecule is CCSc1cnc(NC(C)=O)o1. The van der Waals surface area contributed by atoms with Gasteiger partial charge in [-0.2, -0.15) is 0 Å². The van der Waals surface area contributed by atoms with E-state index < -0.39 is 0 Å². The Hall–Kier alpha value is -0.970. The van der Waals surface area contributed by atoms with Crippen LogP contribution in [0.5, 0.6) is 0 Å². The first kappa shape index (κ1) is 9.12. The standard InChI is InChI=1S/C7H10N2O2S/c1-3-12-6-4-8-7(11-6)9-5(2)10/h4H,3H2,1-2H3,(H,8,9,10). The van der Waals surface area contributed by atoms with Crippen LogP contribution in [0.1, 0.15) is 13.8 Å². The lowest BCUT2D eigenvalue weighted by molar-refractivity contribution is -0.114. The van der Waals surface area contributed by atoms with Crippen LogP contribution in [0.4, 0.5) is 6.01 Å². The highest BCUT2D eigenvalue weighted by Crippen LogP contribution is 2.20. The van der Waals surface area contributed by atoms with Crippen LogP contribution < -0.4 is 5.32 Å². The molecule has 0 saturated carbocycles. The Bertz CT molecular complexity index is 272. The van der Waals surface area contributed by atoms with Crippen molar-refractivity contribution in [1.82, 2.24) is 4.98 Å². The van der Waals surface area contributed by atoms with Gasteiger partial charge in [0.25, 0.3) is 0 Å². The minimum Gasteiger partial charge on any atom is -0.417 e. The van der Waals surface area contributed by atoms with Gasteiger partial charge >= 0.3 is 6.01 Å². The van der Waals surface area contributed by atoms with Gasteiger partial charge in [0.2, 0.25) is 5.91 Å². The Kier molecular flexibility index (Phi) is 3.16. The van der Waals surface area contributed by atoms with Gasteiger partial charge in [-0.15, -0.1) is 0 Å². The van der Waals surface area contributed by atoms with Gasteiger partial charge in [-0.1, -0.05) is 18.7 Å². The van der Waals surface area contributed by atoms with E-state index in [1.807, 2.05) is 6.92 Å². The molecule has 0 saturated heterocycles. The summed E-state index contributed by atoms with van der Waals surface area (Å²) in [6, 6.07) is 0.262. The molecule has 66 valence electrons. The Labute approximate surface area is 74.7 Å². The summed E-state index contributed by atoms with van der Waals surface area (Å²) >= 11 is 1.54. The van der Waals surface area contributed by atoms with E-state index in [0.717, 1.165) is 10.8 Å². The molecule has 1 rings (SSSR count). The molecule has 1 aromatic heterocycles. The number of hydrogen-bond acceptors (Lipinski definition) is 4. The van der Waals surface area contributed by atoms with Gasteiger partial charge in [0.1, 0.15) is 0 Å². The number of amides is 1. The largest absolute Gasteiger partial charge is 0.417 e. The summed E-state index contributed by atoms with van der Waals surface area (Å²) in [5.41, 5.74) is 0. The highest BCUT2D eigenvalue weighted by Gasteiger charge is 2.03. The van der Waals surface area contributed by atoms with Crippen molar-refractivity contribution in [2.45, 2.75) is 18.9 Å². The molecule has 0 aliphatic rings. The van der Waals surface area contributed by atoms with E-state index in [9.17, 15) is 4.79 Å². The first-order valence-corrected chi connectivity index (χ1v) is 4.57. The molecule has 0 radical (unpaired) electrons. The zero-order valence-electron chi connectivity index (χ0n) is 6.96. The van der Waals surface area contributed by atoms with Gasteiger partial charge in [-0.3, -0.25) is 10.1 Å². The average molecular weight is 186 g/mol. The number of nitrogens with zero attached hydrogens (tertiary/aromatic N) is 1. The maximum Gasteiger partial charge on any atom is 0.302 e. The molecule has 0 fully saturated rings.